The van der Waals surface area contributed by atoms with Crippen molar-refractivity contribution in [3.63, 3.8) is 0 Å². The number of rotatable bonds is 81. The number of aliphatic hydroxyl groups excluding tert-OH is 1. The molecule has 6 atom stereocenters. The summed E-state index contributed by atoms with van der Waals surface area (Å²) in [5, 5.41) is 10.7. The molecule has 0 saturated carbocycles. The smallest absolute Gasteiger partial charge is 0.462 e. The molecule has 3 N–H and O–H groups in total. The maximum absolute atomic E-state index is 13.1. The van der Waals surface area contributed by atoms with Gasteiger partial charge in [0.1, 0.15) is 19.3 Å². The van der Waals surface area contributed by atoms with Crippen LogP contribution in [-0.4, -0.2) is 96.7 Å². The number of esters is 4. The third-order valence-electron chi connectivity index (χ3n) is 19.6. The second kappa shape index (κ2) is 73.6. The number of carbonyl (C=O) groups excluding carboxylic acids is 4. The lowest BCUT2D eigenvalue weighted by atomic mass is 9.99. The van der Waals surface area contributed by atoms with Crippen LogP contribution >= 0.6 is 15.6 Å². The second-order valence-corrected chi connectivity index (χ2v) is 33.1. The van der Waals surface area contributed by atoms with Crippen molar-refractivity contribution in [2.45, 2.75) is 452 Å². The highest BCUT2D eigenvalue weighted by atomic mass is 31.2. The standard InChI is InChI=1S/C82H160O17P2/c1-7-10-12-14-16-18-20-22-23-24-25-26-27-30-35-42-48-54-60-66-81(86)98-77(70-93-80(85)65-59-53-47-41-34-31-28-29-32-38-44-50-56-62-74(4)5)72-96-100(88,89)94-68-76(83)69-95-101(90,91)97-73-78(71-92-79(84)64-58-52-46-40-33-21-19-17-15-13-11-8-2)99-82(87)67-61-55-49-43-37-36-39-45-51-57-63-75(6)9-3/h74-78,83H,7-73H2,1-6H3,(H,88,89)(H,90,91)/t75?,76-,77-,78-/m1/s1. The number of carbonyl (C=O) groups is 4. The molecule has 0 fully saturated rings. The molecule has 0 amide bonds. The van der Waals surface area contributed by atoms with Crippen LogP contribution in [-0.2, 0) is 65.4 Å². The van der Waals surface area contributed by atoms with Gasteiger partial charge in [-0.1, -0.05) is 382 Å². The van der Waals surface area contributed by atoms with Gasteiger partial charge >= 0.3 is 39.5 Å². The van der Waals surface area contributed by atoms with Gasteiger partial charge in [-0.2, -0.15) is 0 Å². The first kappa shape index (κ1) is 99.1. The highest BCUT2D eigenvalue weighted by Gasteiger charge is 2.30. The van der Waals surface area contributed by atoms with E-state index in [9.17, 15) is 43.2 Å². The van der Waals surface area contributed by atoms with E-state index in [-0.39, 0.29) is 25.7 Å². The lowest BCUT2D eigenvalue weighted by molar-refractivity contribution is -0.161. The average molecular weight is 1480 g/mol. The van der Waals surface area contributed by atoms with Crippen molar-refractivity contribution < 1.29 is 80.2 Å². The summed E-state index contributed by atoms with van der Waals surface area (Å²) in [4.78, 5) is 73.1. The van der Waals surface area contributed by atoms with Gasteiger partial charge in [0, 0.05) is 25.7 Å². The fourth-order valence-electron chi connectivity index (χ4n) is 12.7. The number of hydrogen-bond donors (Lipinski definition) is 3. The fourth-order valence-corrected chi connectivity index (χ4v) is 14.3. The van der Waals surface area contributed by atoms with Gasteiger partial charge in [-0.15, -0.1) is 0 Å². The minimum absolute atomic E-state index is 0.107. The van der Waals surface area contributed by atoms with Gasteiger partial charge < -0.3 is 33.8 Å². The zero-order valence-electron chi connectivity index (χ0n) is 66.2. The lowest BCUT2D eigenvalue weighted by Gasteiger charge is -2.21. The Labute approximate surface area is 619 Å². The molecule has 0 rings (SSSR count). The van der Waals surface area contributed by atoms with E-state index in [1.54, 1.807) is 0 Å². The van der Waals surface area contributed by atoms with Crippen molar-refractivity contribution >= 4 is 39.5 Å². The Hall–Kier alpha value is -1.94. The minimum atomic E-state index is -4.96. The minimum Gasteiger partial charge on any atom is -0.462 e. The molecule has 0 bridgehead atoms. The first-order valence-corrected chi connectivity index (χ1v) is 45.5. The Balaban J connectivity index is 5.26. The number of hydrogen-bond acceptors (Lipinski definition) is 15. The molecule has 0 aromatic rings. The van der Waals surface area contributed by atoms with E-state index in [2.05, 4.69) is 41.5 Å². The Morgan fingerprint density at radius 2 is 0.505 bits per heavy atom. The molecule has 0 aromatic carbocycles. The van der Waals surface area contributed by atoms with Crippen LogP contribution in [0, 0.1) is 11.8 Å². The molecule has 600 valence electrons. The number of ether oxygens (including phenoxy) is 4. The molecule has 0 radical (unpaired) electrons. The van der Waals surface area contributed by atoms with Crippen LogP contribution in [0.3, 0.4) is 0 Å². The van der Waals surface area contributed by atoms with E-state index in [1.807, 2.05) is 0 Å². The number of phosphoric acid groups is 2. The van der Waals surface area contributed by atoms with Crippen molar-refractivity contribution in [1.82, 2.24) is 0 Å². The summed E-state index contributed by atoms with van der Waals surface area (Å²) in [6.45, 7) is 9.69. The van der Waals surface area contributed by atoms with Crippen LogP contribution < -0.4 is 0 Å². The van der Waals surface area contributed by atoms with Gasteiger partial charge in [0.15, 0.2) is 12.2 Å². The molecular formula is C82H160O17P2. The fraction of sp³-hybridized carbons (Fsp3) is 0.951. The Bertz CT molecular complexity index is 1940. The molecule has 0 aliphatic carbocycles. The van der Waals surface area contributed by atoms with Crippen molar-refractivity contribution in [1.29, 1.82) is 0 Å². The van der Waals surface area contributed by atoms with E-state index < -0.39 is 97.5 Å². The first-order chi connectivity index (χ1) is 48.9. The maximum atomic E-state index is 13.1. The quantitative estimate of drug-likeness (QED) is 0.0222. The topological polar surface area (TPSA) is 237 Å². The highest BCUT2D eigenvalue weighted by molar-refractivity contribution is 7.47. The zero-order valence-corrected chi connectivity index (χ0v) is 68.0. The third kappa shape index (κ3) is 74.7. The molecular weight excluding hydrogens is 1320 g/mol. The summed E-state index contributed by atoms with van der Waals surface area (Å²) < 4.78 is 68.8. The lowest BCUT2D eigenvalue weighted by Crippen LogP contribution is -2.30. The molecule has 101 heavy (non-hydrogen) atoms. The summed E-state index contributed by atoms with van der Waals surface area (Å²) >= 11 is 0. The van der Waals surface area contributed by atoms with Crippen molar-refractivity contribution in [2.75, 3.05) is 39.6 Å². The van der Waals surface area contributed by atoms with Crippen LogP contribution in [0.1, 0.15) is 433 Å². The van der Waals surface area contributed by atoms with Crippen molar-refractivity contribution in [3.05, 3.63) is 0 Å². The van der Waals surface area contributed by atoms with Gasteiger partial charge in [-0.25, -0.2) is 9.13 Å². The van der Waals surface area contributed by atoms with E-state index >= 15 is 0 Å². The summed E-state index contributed by atoms with van der Waals surface area (Å²) in [5.41, 5.74) is 0. The summed E-state index contributed by atoms with van der Waals surface area (Å²) in [6.07, 6.45) is 63.6. The van der Waals surface area contributed by atoms with Gasteiger partial charge in [0.2, 0.25) is 0 Å². The summed E-state index contributed by atoms with van der Waals surface area (Å²) in [7, 11) is -9.92. The van der Waals surface area contributed by atoms with E-state index in [1.165, 1.54) is 250 Å². The van der Waals surface area contributed by atoms with E-state index in [4.69, 9.17) is 37.0 Å². The Morgan fingerprint density at radius 1 is 0.287 bits per heavy atom. The zero-order chi connectivity index (χ0) is 74.2. The Kier molecular flexibility index (Phi) is 72.2. The predicted octanol–water partition coefficient (Wildman–Crippen LogP) is 24.7. The molecule has 0 aliphatic rings. The molecule has 17 nitrogen and oxygen atoms in total. The predicted molar refractivity (Wildman–Crippen MR) is 414 cm³/mol. The third-order valence-corrected chi connectivity index (χ3v) is 21.5. The molecule has 0 saturated heterocycles. The van der Waals surface area contributed by atoms with E-state index in [0.717, 1.165) is 102 Å². The van der Waals surface area contributed by atoms with Crippen LogP contribution in [0.15, 0.2) is 0 Å². The largest absolute Gasteiger partial charge is 0.472 e. The SMILES string of the molecule is CCCCCCCCCCCCCCCCCCCCCC(=O)O[C@H](COC(=O)CCCCCCCCCCCCCCCC(C)C)COP(=O)(O)OC[C@@H](O)COP(=O)(O)OC[C@@H](COC(=O)CCCCCCCCCCCCCC)OC(=O)CCCCCCCCCCCCC(C)CC. The molecule has 3 unspecified atom stereocenters. The highest BCUT2D eigenvalue weighted by Crippen LogP contribution is 2.45. The molecule has 0 aliphatic heterocycles. The monoisotopic (exact) mass is 1480 g/mol. The summed E-state index contributed by atoms with van der Waals surface area (Å²) in [5.74, 6) is -0.511. The van der Waals surface area contributed by atoms with Crippen molar-refractivity contribution in [2.24, 2.45) is 11.8 Å². The number of aliphatic hydroxyl groups is 1. The maximum Gasteiger partial charge on any atom is 0.472 e. The number of unbranched alkanes of at least 4 members (excludes halogenated alkanes) is 50. The van der Waals surface area contributed by atoms with Crippen LogP contribution in [0.25, 0.3) is 0 Å². The molecule has 0 aromatic heterocycles. The average Bonchev–Trinajstić information content (AvgIpc) is 0.949. The van der Waals surface area contributed by atoms with Gasteiger partial charge in [-0.3, -0.25) is 37.3 Å². The second-order valence-electron chi connectivity index (χ2n) is 30.2. The summed E-state index contributed by atoms with van der Waals surface area (Å²) in [6, 6.07) is 0. The normalized spacial score (nSPS) is 14.2. The Morgan fingerprint density at radius 3 is 0.752 bits per heavy atom. The van der Waals surface area contributed by atoms with E-state index in [0.29, 0.717) is 25.7 Å². The molecule has 0 spiro atoms. The number of phosphoric ester groups is 2. The van der Waals surface area contributed by atoms with Gasteiger partial charge in [-0.05, 0) is 37.5 Å². The van der Waals surface area contributed by atoms with Crippen LogP contribution in [0.5, 0.6) is 0 Å². The van der Waals surface area contributed by atoms with Crippen LogP contribution in [0.4, 0.5) is 0 Å². The van der Waals surface area contributed by atoms with Crippen LogP contribution in [0.2, 0.25) is 0 Å². The molecule has 19 heteroatoms. The molecule has 0 heterocycles. The first-order valence-electron chi connectivity index (χ1n) is 42.5. The van der Waals surface area contributed by atoms with Crippen molar-refractivity contribution in [3.8, 4) is 0 Å². The van der Waals surface area contributed by atoms with Gasteiger partial charge in [0.05, 0.1) is 26.4 Å². The van der Waals surface area contributed by atoms with Gasteiger partial charge in [0.25, 0.3) is 0 Å².